The van der Waals surface area contributed by atoms with Gasteiger partial charge in [0.2, 0.25) is 0 Å². The van der Waals surface area contributed by atoms with Crippen LogP contribution in [0.2, 0.25) is 0 Å². The predicted molar refractivity (Wildman–Crippen MR) is 62.0 cm³/mol. The topological polar surface area (TPSA) is 34.2 Å². The molecule has 2 heterocycles. The molecule has 4 nitrogen and oxygen atoms in total. The molecule has 0 amide bonds. The highest BCUT2D eigenvalue weighted by Crippen LogP contribution is 2.10. The van der Waals surface area contributed by atoms with Gasteiger partial charge in [-0.15, -0.1) is 0 Å². The van der Waals surface area contributed by atoms with Crippen LogP contribution >= 0.6 is 0 Å². The Hall–Kier alpha value is -1.55. The monoisotopic (exact) mass is 219 g/mol. The van der Waals surface area contributed by atoms with Crippen LogP contribution in [-0.2, 0) is 19.5 Å². The van der Waals surface area contributed by atoms with Crippen molar-refractivity contribution in [3.63, 3.8) is 0 Å². The lowest BCUT2D eigenvalue weighted by Crippen LogP contribution is -2.09. The molecule has 0 atom stereocenters. The molecule has 2 aromatic rings. The first kappa shape index (κ1) is 11.0. The van der Waals surface area contributed by atoms with E-state index in [0.717, 1.165) is 31.0 Å². The zero-order valence-electron chi connectivity index (χ0n) is 9.76. The quantitative estimate of drug-likeness (QED) is 0.768. The molecule has 2 aromatic heterocycles. The second-order valence-electron chi connectivity index (χ2n) is 4.12. The van der Waals surface area contributed by atoms with E-state index < -0.39 is 0 Å². The van der Waals surface area contributed by atoms with Crippen LogP contribution in [0.15, 0.2) is 35.0 Å². The van der Waals surface area contributed by atoms with Crippen molar-refractivity contribution in [1.82, 2.24) is 14.7 Å². The van der Waals surface area contributed by atoms with Gasteiger partial charge in [-0.1, -0.05) is 0 Å². The Morgan fingerprint density at radius 1 is 1.31 bits per heavy atom. The van der Waals surface area contributed by atoms with E-state index in [-0.39, 0.29) is 0 Å². The van der Waals surface area contributed by atoms with Crippen molar-refractivity contribution in [1.29, 1.82) is 0 Å². The number of nitrogens with zero attached hydrogens (tertiary/aromatic N) is 3. The number of aryl methyl sites for hydroxylation is 2. The SMILES string of the molecule is CN(C)Cc1ccc(CCn2cccn2)o1. The van der Waals surface area contributed by atoms with Crippen molar-refractivity contribution >= 4 is 0 Å². The molecule has 86 valence electrons. The van der Waals surface area contributed by atoms with Crippen LogP contribution in [0.4, 0.5) is 0 Å². The van der Waals surface area contributed by atoms with E-state index in [1.165, 1.54) is 0 Å². The molecule has 0 bridgehead atoms. The fourth-order valence-corrected chi connectivity index (χ4v) is 1.61. The Bertz CT molecular complexity index is 417. The van der Waals surface area contributed by atoms with Crippen molar-refractivity contribution < 1.29 is 4.42 Å². The molecule has 0 aliphatic rings. The molecular weight excluding hydrogens is 202 g/mol. The molecule has 0 aliphatic carbocycles. The van der Waals surface area contributed by atoms with Crippen LogP contribution < -0.4 is 0 Å². The van der Waals surface area contributed by atoms with Gasteiger partial charge < -0.3 is 9.32 Å². The molecule has 0 saturated carbocycles. The molecule has 2 rings (SSSR count). The first-order chi connectivity index (χ1) is 7.74. The van der Waals surface area contributed by atoms with Crippen molar-refractivity contribution in [2.75, 3.05) is 14.1 Å². The Kier molecular flexibility index (Phi) is 3.41. The molecular formula is C12H17N3O. The minimum absolute atomic E-state index is 0.849. The van der Waals surface area contributed by atoms with Crippen LogP contribution in [0.5, 0.6) is 0 Å². The Morgan fingerprint density at radius 2 is 2.12 bits per heavy atom. The minimum atomic E-state index is 0.849. The summed E-state index contributed by atoms with van der Waals surface area (Å²) in [6, 6.07) is 6.01. The van der Waals surface area contributed by atoms with Crippen LogP contribution in [0.25, 0.3) is 0 Å². The maximum Gasteiger partial charge on any atom is 0.118 e. The summed E-state index contributed by atoms with van der Waals surface area (Å²) >= 11 is 0. The van der Waals surface area contributed by atoms with Gasteiger partial charge >= 0.3 is 0 Å². The normalized spacial score (nSPS) is 11.2. The first-order valence-electron chi connectivity index (χ1n) is 5.44. The molecule has 0 aromatic carbocycles. The number of aromatic nitrogens is 2. The molecule has 0 spiro atoms. The van der Waals surface area contributed by atoms with Gasteiger partial charge in [-0.3, -0.25) is 4.68 Å². The summed E-state index contributed by atoms with van der Waals surface area (Å²) in [6.07, 6.45) is 4.64. The lowest BCUT2D eigenvalue weighted by atomic mass is 10.3. The third-order valence-electron chi connectivity index (χ3n) is 2.34. The average molecular weight is 219 g/mol. The summed E-state index contributed by atoms with van der Waals surface area (Å²) in [7, 11) is 4.07. The van der Waals surface area contributed by atoms with Gasteiger partial charge in [-0.2, -0.15) is 5.10 Å². The van der Waals surface area contributed by atoms with E-state index in [4.69, 9.17) is 4.42 Å². The Balaban J connectivity index is 1.88. The fraction of sp³-hybridized carbons (Fsp3) is 0.417. The third kappa shape index (κ3) is 2.97. The Labute approximate surface area is 95.5 Å². The standard InChI is InChI=1S/C12H17N3O/c1-14(2)10-12-5-4-11(16-12)6-9-15-8-3-7-13-15/h3-5,7-8H,6,9-10H2,1-2H3. The summed E-state index contributed by atoms with van der Waals surface area (Å²) in [6.45, 7) is 1.71. The molecule has 0 fully saturated rings. The second kappa shape index (κ2) is 4.99. The first-order valence-corrected chi connectivity index (χ1v) is 5.44. The fourth-order valence-electron chi connectivity index (χ4n) is 1.61. The lowest BCUT2D eigenvalue weighted by Gasteiger charge is -2.05. The number of furan rings is 1. The van der Waals surface area contributed by atoms with Crippen LogP contribution in [-0.4, -0.2) is 28.8 Å². The smallest absolute Gasteiger partial charge is 0.118 e. The second-order valence-corrected chi connectivity index (χ2v) is 4.12. The predicted octanol–water partition coefficient (Wildman–Crippen LogP) is 1.78. The van der Waals surface area contributed by atoms with Crippen molar-refractivity contribution in [3.05, 3.63) is 42.1 Å². The van der Waals surface area contributed by atoms with Gasteiger partial charge in [0, 0.05) is 25.4 Å². The Morgan fingerprint density at radius 3 is 2.81 bits per heavy atom. The van der Waals surface area contributed by atoms with Crippen LogP contribution in [0.1, 0.15) is 11.5 Å². The average Bonchev–Trinajstić information content (AvgIpc) is 2.84. The van der Waals surface area contributed by atoms with E-state index >= 15 is 0 Å². The highest BCUT2D eigenvalue weighted by atomic mass is 16.3. The van der Waals surface area contributed by atoms with Gasteiger partial charge in [0.15, 0.2) is 0 Å². The van der Waals surface area contributed by atoms with E-state index in [2.05, 4.69) is 10.00 Å². The van der Waals surface area contributed by atoms with E-state index in [1.54, 1.807) is 6.20 Å². The molecule has 4 heteroatoms. The van der Waals surface area contributed by atoms with E-state index in [9.17, 15) is 0 Å². The molecule has 0 N–H and O–H groups in total. The summed E-state index contributed by atoms with van der Waals surface area (Å²) in [5.74, 6) is 2.04. The van der Waals surface area contributed by atoms with Crippen molar-refractivity contribution in [2.24, 2.45) is 0 Å². The third-order valence-corrected chi connectivity index (χ3v) is 2.34. The molecule has 0 saturated heterocycles. The van der Waals surface area contributed by atoms with E-state index in [1.807, 2.05) is 43.2 Å². The van der Waals surface area contributed by atoms with Gasteiger partial charge in [0.05, 0.1) is 6.54 Å². The molecule has 0 aliphatic heterocycles. The van der Waals surface area contributed by atoms with Crippen molar-refractivity contribution in [2.45, 2.75) is 19.5 Å². The maximum absolute atomic E-state index is 5.71. The zero-order chi connectivity index (χ0) is 11.4. The van der Waals surface area contributed by atoms with Gasteiger partial charge in [-0.25, -0.2) is 0 Å². The van der Waals surface area contributed by atoms with E-state index in [0.29, 0.717) is 0 Å². The van der Waals surface area contributed by atoms with Gasteiger partial charge in [-0.05, 0) is 32.3 Å². The highest BCUT2D eigenvalue weighted by molar-refractivity contribution is 5.07. The zero-order valence-corrected chi connectivity index (χ0v) is 9.76. The molecule has 0 radical (unpaired) electrons. The highest BCUT2D eigenvalue weighted by Gasteiger charge is 2.03. The summed E-state index contributed by atoms with van der Waals surface area (Å²) in [5.41, 5.74) is 0. The van der Waals surface area contributed by atoms with Crippen molar-refractivity contribution in [3.8, 4) is 0 Å². The van der Waals surface area contributed by atoms with Crippen LogP contribution in [0, 0.1) is 0 Å². The van der Waals surface area contributed by atoms with Gasteiger partial charge in [0.25, 0.3) is 0 Å². The number of rotatable bonds is 5. The number of hydrogen-bond acceptors (Lipinski definition) is 3. The van der Waals surface area contributed by atoms with Gasteiger partial charge in [0.1, 0.15) is 11.5 Å². The largest absolute Gasteiger partial charge is 0.465 e. The summed E-state index contributed by atoms with van der Waals surface area (Å²) in [5, 5.41) is 4.15. The molecule has 0 unspecified atom stereocenters. The summed E-state index contributed by atoms with van der Waals surface area (Å²) < 4.78 is 7.62. The maximum atomic E-state index is 5.71. The summed E-state index contributed by atoms with van der Waals surface area (Å²) in [4.78, 5) is 2.09. The van der Waals surface area contributed by atoms with Crippen LogP contribution in [0.3, 0.4) is 0 Å². The number of hydrogen-bond donors (Lipinski definition) is 0. The minimum Gasteiger partial charge on any atom is -0.465 e. The lowest BCUT2D eigenvalue weighted by molar-refractivity contribution is 0.339. The molecule has 16 heavy (non-hydrogen) atoms.